The van der Waals surface area contributed by atoms with Crippen molar-refractivity contribution in [2.24, 2.45) is 0 Å². The number of carbonyl (C=O) groups is 2. The van der Waals surface area contributed by atoms with E-state index in [1.807, 2.05) is 42.5 Å². The van der Waals surface area contributed by atoms with Gasteiger partial charge in [0, 0.05) is 35.1 Å². The number of para-hydroxylation sites is 1. The van der Waals surface area contributed by atoms with E-state index in [0.29, 0.717) is 37.4 Å². The summed E-state index contributed by atoms with van der Waals surface area (Å²) in [6.07, 6.45) is 10.3. The first-order valence-corrected chi connectivity index (χ1v) is 16.5. The SMILES string of the molecule is O=C(NC1(C(=O)Cc2ccc(CCCO)cc2)CCC1)c1ccc2c(C3CCCCC3)c3n(c2c1)CCOc1ccccc1-3. The van der Waals surface area contributed by atoms with Gasteiger partial charge in [-0.25, -0.2) is 0 Å². The Morgan fingerprint density at radius 3 is 2.45 bits per heavy atom. The molecule has 0 bridgehead atoms. The molecule has 2 saturated carbocycles. The fourth-order valence-electron chi connectivity index (χ4n) is 7.63. The Kier molecular flexibility index (Phi) is 8.02. The molecule has 7 rings (SSSR count). The largest absolute Gasteiger partial charge is 0.491 e. The first-order chi connectivity index (χ1) is 21.6. The first-order valence-electron chi connectivity index (χ1n) is 16.5. The monoisotopic (exact) mass is 590 g/mol. The lowest BCUT2D eigenvalue weighted by Gasteiger charge is -2.41. The van der Waals surface area contributed by atoms with Crippen LogP contribution in [0.4, 0.5) is 0 Å². The highest BCUT2D eigenvalue weighted by Gasteiger charge is 2.45. The number of aromatic nitrogens is 1. The van der Waals surface area contributed by atoms with Gasteiger partial charge in [-0.15, -0.1) is 0 Å². The zero-order chi connectivity index (χ0) is 30.1. The number of nitrogens with zero attached hydrogens (tertiary/aromatic N) is 1. The second-order valence-electron chi connectivity index (χ2n) is 13.0. The van der Waals surface area contributed by atoms with E-state index in [1.54, 1.807) is 0 Å². The van der Waals surface area contributed by atoms with Crippen molar-refractivity contribution in [1.29, 1.82) is 0 Å². The molecule has 3 aliphatic rings. The number of carbonyl (C=O) groups excluding carboxylic acids is 2. The number of ketones is 1. The standard InChI is InChI=1S/C38H42N2O4/c41-22-6-8-26-13-15-27(16-14-26)24-34(42)38(19-7-20-38)39-37(43)29-17-18-30-32(25-29)40-21-23-44-33-12-5-4-11-31(33)36(40)35(30)28-9-2-1-3-10-28/h4-5,11-18,25,28,41H,1-3,6-10,19-24H2,(H,39,43). The molecule has 0 spiro atoms. The van der Waals surface area contributed by atoms with Crippen molar-refractivity contribution in [3.63, 3.8) is 0 Å². The van der Waals surface area contributed by atoms with Gasteiger partial charge in [-0.2, -0.15) is 0 Å². The fourth-order valence-corrected chi connectivity index (χ4v) is 7.63. The third kappa shape index (κ3) is 5.34. The van der Waals surface area contributed by atoms with Crippen LogP contribution in [0.25, 0.3) is 22.2 Å². The van der Waals surface area contributed by atoms with E-state index >= 15 is 0 Å². The van der Waals surface area contributed by atoms with Gasteiger partial charge in [0.15, 0.2) is 5.78 Å². The van der Waals surface area contributed by atoms with E-state index in [9.17, 15) is 9.59 Å². The number of hydrogen-bond donors (Lipinski definition) is 2. The van der Waals surface area contributed by atoms with Crippen LogP contribution in [0, 0.1) is 0 Å². The number of aliphatic hydroxyl groups excluding tert-OH is 1. The molecule has 2 fully saturated rings. The number of ether oxygens (including phenoxy) is 1. The van der Waals surface area contributed by atoms with Gasteiger partial charge in [0.2, 0.25) is 0 Å². The van der Waals surface area contributed by atoms with Gasteiger partial charge < -0.3 is 19.7 Å². The molecule has 1 aromatic heterocycles. The summed E-state index contributed by atoms with van der Waals surface area (Å²) >= 11 is 0. The molecule has 1 amide bonds. The molecule has 2 heterocycles. The van der Waals surface area contributed by atoms with E-state index in [-0.39, 0.29) is 18.3 Å². The van der Waals surface area contributed by atoms with Crippen LogP contribution < -0.4 is 10.1 Å². The smallest absolute Gasteiger partial charge is 0.252 e. The predicted octanol–water partition coefficient (Wildman–Crippen LogP) is 7.14. The summed E-state index contributed by atoms with van der Waals surface area (Å²) in [7, 11) is 0. The molecule has 0 atom stereocenters. The molecule has 228 valence electrons. The maximum Gasteiger partial charge on any atom is 0.252 e. The number of Topliss-reactive ketones (excluding diaryl/α,β-unsaturated/α-hetero) is 1. The molecule has 4 aromatic rings. The Labute approximate surface area is 259 Å². The van der Waals surface area contributed by atoms with Crippen LogP contribution in [0.5, 0.6) is 5.75 Å². The average molecular weight is 591 g/mol. The van der Waals surface area contributed by atoms with E-state index in [1.165, 1.54) is 48.7 Å². The van der Waals surface area contributed by atoms with Gasteiger partial charge in [-0.05, 0) is 91.8 Å². The lowest BCUT2D eigenvalue weighted by Crippen LogP contribution is -2.59. The van der Waals surface area contributed by atoms with E-state index in [0.717, 1.165) is 53.8 Å². The number of aliphatic hydroxyl groups is 1. The number of rotatable bonds is 9. The summed E-state index contributed by atoms with van der Waals surface area (Å²) in [6.45, 7) is 1.47. The molecule has 0 saturated heterocycles. The Bertz CT molecular complexity index is 1680. The molecule has 44 heavy (non-hydrogen) atoms. The van der Waals surface area contributed by atoms with Crippen molar-refractivity contribution < 1.29 is 19.4 Å². The van der Waals surface area contributed by atoms with Gasteiger partial charge >= 0.3 is 0 Å². The summed E-state index contributed by atoms with van der Waals surface area (Å²) in [6, 6.07) is 22.5. The van der Waals surface area contributed by atoms with Crippen molar-refractivity contribution in [2.75, 3.05) is 13.2 Å². The predicted molar refractivity (Wildman–Crippen MR) is 173 cm³/mol. The quantitative estimate of drug-likeness (QED) is 0.217. The highest BCUT2D eigenvalue weighted by atomic mass is 16.5. The molecular formula is C38H42N2O4. The van der Waals surface area contributed by atoms with Crippen molar-refractivity contribution in [1.82, 2.24) is 9.88 Å². The average Bonchev–Trinajstić information content (AvgIpc) is 3.23. The molecule has 3 aromatic carbocycles. The van der Waals surface area contributed by atoms with Crippen LogP contribution in [0.3, 0.4) is 0 Å². The van der Waals surface area contributed by atoms with Gasteiger partial charge in [0.25, 0.3) is 5.91 Å². The van der Waals surface area contributed by atoms with Crippen LogP contribution in [-0.2, 0) is 24.2 Å². The van der Waals surface area contributed by atoms with E-state index in [2.05, 4.69) is 34.1 Å². The molecule has 2 aliphatic carbocycles. The summed E-state index contributed by atoms with van der Waals surface area (Å²) in [5, 5.41) is 13.5. The third-order valence-electron chi connectivity index (χ3n) is 10.2. The van der Waals surface area contributed by atoms with Crippen LogP contribution in [-0.4, -0.2) is 40.1 Å². The van der Waals surface area contributed by atoms with E-state index in [4.69, 9.17) is 9.84 Å². The molecule has 6 nitrogen and oxygen atoms in total. The van der Waals surface area contributed by atoms with Gasteiger partial charge in [0.1, 0.15) is 12.4 Å². The Morgan fingerprint density at radius 2 is 1.70 bits per heavy atom. The lowest BCUT2D eigenvalue weighted by atomic mass is 9.72. The minimum Gasteiger partial charge on any atom is -0.491 e. The number of aryl methyl sites for hydroxylation is 1. The summed E-state index contributed by atoms with van der Waals surface area (Å²) < 4.78 is 8.57. The molecule has 0 radical (unpaired) electrons. The number of nitrogens with one attached hydrogen (secondary N) is 1. The first kappa shape index (κ1) is 28.8. The Hall–Kier alpha value is -3.90. The Balaban J connectivity index is 1.18. The normalized spacial score (nSPS) is 17.6. The summed E-state index contributed by atoms with van der Waals surface area (Å²) in [5.74, 6) is 1.31. The van der Waals surface area contributed by atoms with Crippen LogP contribution in [0.1, 0.15) is 90.8 Å². The van der Waals surface area contributed by atoms with Crippen molar-refractivity contribution in [3.8, 4) is 17.0 Å². The second kappa shape index (κ2) is 12.2. The van der Waals surface area contributed by atoms with Crippen LogP contribution in [0.15, 0.2) is 66.7 Å². The highest BCUT2D eigenvalue weighted by Crippen LogP contribution is 2.47. The molecule has 2 N–H and O–H groups in total. The van der Waals surface area contributed by atoms with Crippen LogP contribution in [0.2, 0.25) is 0 Å². The maximum absolute atomic E-state index is 13.8. The van der Waals surface area contributed by atoms with Crippen molar-refractivity contribution in [2.45, 2.75) is 88.6 Å². The molecule has 6 heteroatoms. The van der Waals surface area contributed by atoms with Crippen molar-refractivity contribution >= 4 is 22.6 Å². The number of fused-ring (bicyclic) bond motifs is 5. The van der Waals surface area contributed by atoms with Gasteiger partial charge in [0.05, 0.1) is 17.8 Å². The minimum absolute atomic E-state index is 0.0752. The molecule has 1 aliphatic heterocycles. The highest BCUT2D eigenvalue weighted by molar-refractivity contribution is 6.04. The van der Waals surface area contributed by atoms with E-state index < -0.39 is 5.54 Å². The molecular weight excluding hydrogens is 548 g/mol. The number of hydrogen-bond acceptors (Lipinski definition) is 4. The van der Waals surface area contributed by atoms with Gasteiger partial charge in [-0.3, -0.25) is 9.59 Å². The molecule has 0 unspecified atom stereocenters. The zero-order valence-electron chi connectivity index (χ0n) is 25.4. The second-order valence-corrected chi connectivity index (χ2v) is 13.0. The third-order valence-corrected chi connectivity index (χ3v) is 10.2. The summed E-state index contributed by atoms with van der Waals surface area (Å²) in [5.41, 5.74) is 6.75. The van der Waals surface area contributed by atoms with Crippen LogP contribution >= 0.6 is 0 Å². The summed E-state index contributed by atoms with van der Waals surface area (Å²) in [4.78, 5) is 27.4. The minimum atomic E-state index is -0.808. The fraction of sp³-hybridized carbons (Fsp3) is 0.421. The zero-order valence-corrected chi connectivity index (χ0v) is 25.4. The lowest BCUT2D eigenvalue weighted by molar-refractivity contribution is -0.127. The Morgan fingerprint density at radius 1 is 0.932 bits per heavy atom. The van der Waals surface area contributed by atoms with Crippen molar-refractivity contribution in [3.05, 3.63) is 89.0 Å². The number of amides is 1. The van der Waals surface area contributed by atoms with Gasteiger partial charge in [-0.1, -0.05) is 61.7 Å². The maximum atomic E-state index is 13.8. The number of benzene rings is 3. The topological polar surface area (TPSA) is 80.6 Å².